The zero-order valence-corrected chi connectivity index (χ0v) is 11.8. The van der Waals surface area contributed by atoms with Crippen molar-refractivity contribution in [3.8, 4) is 0 Å². The topological polar surface area (TPSA) is 84.2 Å². The van der Waals surface area contributed by atoms with Gasteiger partial charge in [-0.2, -0.15) is 5.10 Å². The predicted molar refractivity (Wildman–Crippen MR) is 76.5 cm³/mol. The van der Waals surface area contributed by atoms with Crippen LogP contribution in [0.5, 0.6) is 0 Å². The first-order chi connectivity index (χ1) is 10.5. The van der Waals surface area contributed by atoms with Gasteiger partial charge in [0, 0.05) is 12.6 Å². The van der Waals surface area contributed by atoms with Crippen molar-refractivity contribution in [1.29, 1.82) is 0 Å². The van der Waals surface area contributed by atoms with E-state index in [0.29, 0.717) is 11.6 Å². The van der Waals surface area contributed by atoms with Crippen LogP contribution in [0.4, 0.5) is 10.1 Å². The molecular formula is C15H14FN3O3. The van der Waals surface area contributed by atoms with Gasteiger partial charge in [0.15, 0.2) is 0 Å². The molecule has 6 nitrogen and oxygen atoms in total. The third kappa shape index (κ3) is 2.57. The number of carbonyl (C=O) groups is 2. The first-order valence-electron chi connectivity index (χ1n) is 6.83. The van der Waals surface area contributed by atoms with Crippen LogP contribution < -0.4 is 5.32 Å². The Balaban J connectivity index is 1.90. The molecule has 1 aliphatic carbocycles. The zero-order valence-electron chi connectivity index (χ0n) is 11.8. The molecule has 0 bridgehead atoms. The van der Waals surface area contributed by atoms with Gasteiger partial charge < -0.3 is 10.4 Å². The number of nitrogens with one attached hydrogen (secondary N) is 1. The molecule has 2 aromatic rings. The summed E-state index contributed by atoms with van der Waals surface area (Å²) in [4.78, 5) is 23.3. The molecule has 0 atom stereocenters. The SMILES string of the molecule is Cn1ncc(C2CC2)c1C(=O)Nc1cc(C(=O)O)ccc1F. The summed E-state index contributed by atoms with van der Waals surface area (Å²) in [6, 6.07) is 3.26. The van der Waals surface area contributed by atoms with Gasteiger partial charge in [0.2, 0.25) is 0 Å². The minimum atomic E-state index is -1.19. The van der Waals surface area contributed by atoms with E-state index in [1.54, 1.807) is 13.2 Å². The van der Waals surface area contributed by atoms with E-state index in [4.69, 9.17) is 5.11 Å². The molecule has 1 heterocycles. The standard InChI is InChI=1S/C15H14FN3O3/c1-19-13(10(7-17-19)8-2-3-8)14(20)18-12-6-9(15(21)22)4-5-11(12)16/h4-8H,2-3H2,1H3,(H,18,20)(H,21,22). The monoisotopic (exact) mass is 303 g/mol. The maximum atomic E-state index is 13.8. The maximum Gasteiger partial charge on any atom is 0.335 e. The molecule has 0 spiro atoms. The first kappa shape index (κ1) is 14.2. The number of aromatic carboxylic acids is 1. The summed E-state index contributed by atoms with van der Waals surface area (Å²) in [5.74, 6) is -2.05. The van der Waals surface area contributed by atoms with E-state index in [1.807, 2.05) is 0 Å². The first-order valence-corrected chi connectivity index (χ1v) is 6.83. The zero-order chi connectivity index (χ0) is 15.9. The third-order valence-corrected chi connectivity index (χ3v) is 3.66. The van der Waals surface area contributed by atoms with Crippen LogP contribution in [-0.4, -0.2) is 26.8 Å². The number of aromatic nitrogens is 2. The van der Waals surface area contributed by atoms with Crippen molar-refractivity contribution in [3.05, 3.63) is 47.0 Å². The number of carboxylic acid groups (broad SMARTS) is 1. The number of benzene rings is 1. The number of carboxylic acids is 1. The van der Waals surface area contributed by atoms with Gasteiger partial charge in [0.1, 0.15) is 11.5 Å². The molecule has 1 fully saturated rings. The summed E-state index contributed by atoms with van der Waals surface area (Å²) < 4.78 is 15.2. The highest BCUT2D eigenvalue weighted by Gasteiger charge is 2.31. The van der Waals surface area contributed by atoms with E-state index < -0.39 is 17.7 Å². The summed E-state index contributed by atoms with van der Waals surface area (Å²) in [6.07, 6.45) is 3.67. The van der Waals surface area contributed by atoms with Crippen LogP contribution in [0.15, 0.2) is 24.4 Å². The maximum absolute atomic E-state index is 13.8. The van der Waals surface area contributed by atoms with Gasteiger partial charge in [-0.25, -0.2) is 9.18 Å². The van der Waals surface area contributed by atoms with E-state index in [9.17, 15) is 14.0 Å². The molecule has 114 valence electrons. The molecule has 2 N–H and O–H groups in total. The van der Waals surface area contributed by atoms with Crippen molar-refractivity contribution in [2.24, 2.45) is 7.05 Å². The molecule has 1 aromatic carbocycles. The number of nitrogens with zero attached hydrogens (tertiary/aromatic N) is 2. The van der Waals surface area contributed by atoms with Gasteiger partial charge in [-0.15, -0.1) is 0 Å². The Morgan fingerprint density at radius 1 is 1.41 bits per heavy atom. The molecule has 0 aliphatic heterocycles. The van der Waals surface area contributed by atoms with Crippen LogP contribution in [0, 0.1) is 5.82 Å². The molecule has 1 amide bonds. The van der Waals surface area contributed by atoms with Crippen molar-refractivity contribution in [2.75, 3.05) is 5.32 Å². The highest BCUT2D eigenvalue weighted by atomic mass is 19.1. The Morgan fingerprint density at radius 2 is 2.14 bits per heavy atom. The minimum Gasteiger partial charge on any atom is -0.478 e. The largest absolute Gasteiger partial charge is 0.478 e. The van der Waals surface area contributed by atoms with Crippen LogP contribution in [0.1, 0.15) is 45.2 Å². The summed E-state index contributed by atoms with van der Waals surface area (Å²) >= 11 is 0. The number of halogens is 1. The Labute approximate surface area is 125 Å². The second-order valence-corrected chi connectivity index (χ2v) is 5.30. The number of rotatable bonds is 4. The normalized spacial score (nSPS) is 13.9. The van der Waals surface area contributed by atoms with Crippen LogP contribution >= 0.6 is 0 Å². The van der Waals surface area contributed by atoms with Crippen molar-refractivity contribution in [3.63, 3.8) is 0 Å². The van der Waals surface area contributed by atoms with E-state index in [2.05, 4.69) is 10.4 Å². The van der Waals surface area contributed by atoms with Crippen molar-refractivity contribution < 1.29 is 19.1 Å². The smallest absolute Gasteiger partial charge is 0.335 e. The van der Waals surface area contributed by atoms with Crippen LogP contribution in [0.25, 0.3) is 0 Å². The number of carbonyl (C=O) groups excluding carboxylic acids is 1. The molecule has 0 saturated heterocycles. The quantitative estimate of drug-likeness (QED) is 0.908. The van der Waals surface area contributed by atoms with Gasteiger partial charge >= 0.3 is 5.97 Å². The lowest BCUT2D eigenvalue weighted by atomic mass is 10.1. The van der Waals surface area contributed by atoms with Gasteiger partial charge in [0.25, 0.3) is 5.91 Å². The van der Waals surface area contributed by atoms with E-state index in [-0.39, 0.29) is 11.3 Å². The van der Waals surface area contributed by atoms with E-state index >= 15 is 0 Å². The molecular weight excluding hydrogens is 289 g/mol. The van der Waals surface area contributed by atoms with Crippen LogP contribution in [-0.2, 0) is 7.05 Å². The highest BCUT2D eigenvalue weighted by molar-refractivity contribution is 6.04. The fraction of sp³-hybridized carbons (Fsp3) is 0.267. The number of hydrogen-bond donors (Lipinski definition) is 2. The number of aryl methyl sites for hydroxylation is 1. The molecule has 0 unspecified atom stereocenters. The predicted octanol–water partition coefficient (Wildman–Crippen LogP) is 2.39. The molecule has 22 heavy (non-hydrogen) atoms. The lowest BCUT2D eigenvalue weighted by Gasteiger charge is -2.09. The molecule has 1 saturated carbocycles. The second-order valence-electron chi connectivity index (χ2n) is 5.30. The summed E-state index contributed by atoms with van der Waals surface area (Å²) in [5.41, 5.74) is 0.967. The van der Waals surface area contributed by atoms with Gasteiger partial charge in [-0.1, -0.05) is 0 Å². The fourth-order valence-electron chi connectivity index (χ4n) is 2.36. The van der Waals surface area contributed by atoms with Crippen molar-refractivity contribution in [1.82, 2.24) is 9.78 Å². The van der Waals surface area contributed by atoms with Crippen LogP contribution in [0.2, 0.25) is 0 Å². The summed E-state index contributed by atoms with van der Waals surface area (Å²) in [7, 11) is 1.64. The van der Waals surface area contributed by atoms with Crippen molar-refractivity contribution >= 4 is 17.6 Å². The molecule has 0 radical (unpaired) electrons. The summed E-state index contributed by atoms with van der Waals surface area (Å²) in [6.45, 7) is 0. The lowest BCUT2D eigenvalue weighted by Crippen LogP contribution is -2.19. The molecule has 1 aromatic heterocycles. The Bertz CT molecular complexity index is 765. The van der Waals surface area contributed by atoms with Gasteiger partial charge in [-0.3, -0.25) is 9.48 Å². The van der Waals surface area contributed by atoms with Gasteiger partial charge in [-0.05, 0) is 37.0 Å². The van der Waals surface area contributed by atoms with Crippen molar-refractivity contribution in [2.45, 2.75) is 18.8 Å². The fourth-order valence-corrected chi connectivity index (χ4v) is 2.36. The average Bonchev–Trinajstić information content (AvgIpc) is 3.23. The van der Waals surface area contributed by atoms with E-state index in [1.165, 1.54) is 4.68 Å². The summed E-state index contributed by atoms with van der Waals surface area (Å²) in [5, 5.41) is 15.4. The lowest BCUT2D eigenvalue weighted by molar-refractivity contribution is 0.0696. The van der Waals surface area contributed by atoms with E-state index in [0.717, 1.165) is 36.6 Å². The third-order valence-electron chi connectivity index (χ3n) is 3.66. The Kier molecular flexibility index (Phi) is 3.40. The molecule has 7 heteroatoms. The molecule has 3 rings (SSSR count). The minimum absolute atomic E-state index is 0.0934. The highest BCUT2D eigenvalue weighted by Crippen LogP contribution is 2.41. The number of amides is 1. The van der Waals surface area contributed by atoms with Gasteiger partial charge in [0.05, 0.1) is 17.4 Å². The Morgan fingerprint density at radius 3 is 2.77 bits per heavy atom. The average molecular weight is 303 g/mol. The second kappa shape index (κ2) is 5.25. The van der Waals surface area contributed by atoms with Crippen LogP contribution in [0.3, 0.4) is 0 Å². The number of hydrogen-bond acceptors (Lipinski definition) is 3. The Hall–Kier alpha value is -2.70. The molecule has 1 aliphatic rings. The number of anilines is 1.